The van der Waals surface area contributed by atoms with Gasteiger partial charge in [0.15, 0.2) is 0 Å². The van der Waals surface area contributed by atoms with Crippen molar-refractivity contribution in [1.29, 1.82) is 0 Å². The lowest BCUT2D eigenvalue weighted by Crippen LogP contribution is -2.33. The number of fused-ring (bicyclic) bond motifs is 4. The van der Waals surface area contributed by atoms with E-state index in [9.17, 15) is 0 Å². The van der Waals surface area contributed by atoms with Gasteiger partial charge >= 0.3 is 0 Å². The number of rotatable bonds is 14. The summed E-state index contributed by atoms with van der Waals surface area (Å²) in [6, 6.07) is 59.7. The number of nitrogens with one attached hydrogen (secondary N) is 1. The smallest absolute Gasteiger partial charge is 0.0457 e. The summed E-state index contributed by atoms with van der Waals surface area (Å²) in [6.07, 6.45) is 15.0. The standard InChI is InChI=1S/C54H53N3/c1-53(38-41-20-8-5-9-21-41)50(57(37-36-55)49-34-32-45-27-16-18-29-47(45)52(49)53)30-14-3-4-19-35-54(39-42-22-10-6-11-23-42,40-43-24-12-7-13-25-43)51-46-28-17-15-26-44(46)31-33-48(51)56-2/h3-34,56H,35-40,55H2,1-2H3/b14-3+,19-4+,50-30+. The molecule has 0 aromatic heterocycles. The van der Waals surface area contributed by atoms with Crippen LogP contribution in [0.15, 0.2) is 200 Å². The van der Waals surface area contributed by atoms with Gasteiger partial charge in [0.2, 0.25) is 0 Å². The van der Waals surface area contributed by atoms with E-state index in [-0.39, 0.29) is 10.8 Å². The van der Waals surface area contributed by atoms with Crippen LogP contribution in [0.5, 0.6) is 0 Å². The molecule has 1 aliphatic heterocycles. The van der Waals surface area contributed by atoms with Crippen molar-refractivity contribution in [2.24, 2.45) is 5.73 Å². The molecule has 3 nitrogen and oxygen atoms in total. The zero-order chi connectivity index (χ0) is 39.1. The second-order valence-corrected chi connectivity index (χ2v) is 15.7. The summed E-state index contributed by atoms with van der Waals surface area (Å²) in [4.78, 5) is 2.46. The van der Waals surface area contributed by atoms with Crippen molar-refractivity contribution in [3.63, 3.8) is 0 Å². The number of anilines is 2. The Kier molecular flexibility index (Phi) is 11.2. The van der Waals surface area contributed by atoms with E-state index >= 15 is 0 Å². The van der Waals surface area contributed by atoms with Gasteiger partial charge in [0.05, 0.1) is 0 Å². The predicted octanol–water partition coefficient (Wildman–Crippen LogP) is 12.1. The van der Waals surface area contributed by atoms with Gasteiger partial charge in [0, 0.05) is 48.0 Å². The average molecular weight is 744 g/mol. The fourth-order valence-corrected chi connectivity index (χ4v) is 9.54. The largest absolute Gasteiger partial charge is 0.388 e. The van der Waals surface area contributed by atoms with Crippen LogP contribution in [0.4, 0.5) is 11.4 Å². The SMILES string of the molecule is CNc1ccc2ccccc2c1C(C/C=C/C=C/C=C1/N(CCN)c2ccc3ccccc3c2C1(C)Cc1ccccc1)(Cc1ccccc1)Cc1ccccc1. The molecule has 8 rings (SSSR count). The second-order valence-electron chi connectivity index (χ2n) is 15.7. The van der Waals surface area contributed by atoms with Crippen LogP contribution in [0.1, 0.15) is 41.2 Å². The summed E-state index contributed by atoms with van der Waals surface area (Å²) in [5, 5.41) is 8.75. The summed E-state index contributed by atoms with van der Waals surface area (Å²) in [6.45, 7) is 3.75. The molecule has 0 spiro atoms. The van der Waals surface area contributed by atoms with Gasteiger partial charge in [-0.15, -0.1) is 0 Å². The average Bonchev–Trinajstić information content (AvgIpc) is 3.48. The Morgan fingerprint density at radius 2 is 1.18 bits per heavy atom. The first-order valence-corrected chi connectivity index (χ1v) is 20.4. The van der Waals surface area contributed by atoms with Gasteiger partial charge in [-0.3, -0.25) is 0 Å². The molecule has 1 aliphatic rings. The van der Waals surface area contributed by atoms with Gasteiger partial charge in [0.1, 0.15) is 0 Å². The predicted molar refractivity (Wildman–Crippen MR) is 244 cm³/mol. The van der Waals surface area contributed by atoms with Gasteiger partial charge in [-0.25, -0.2) is 0 Å². The van der Waals surface area contributed by atoms with Crippen LogP contribution in [0.2, 0.25) is 0 Å². The summed E-state index contributed by atoms with van der Waals surface area (Å²) >= 11 is 0. The quantitative estimate of drug-likeness (QED) is 0.109. The number of nitrogens with two attached hydrogens (primary N) is 1. The number of nitrogens with zero attached hydrogens (tertiary/aromatic N) is 1. The van der Waals surface area contributed by atoms with E-state index < -0.39 is 0 Å². The number of benzene rings is 7. The highest BCUT2D eigenvalue weighted by Gasteiger charge is 2.44. The summed E-state index contributed by atoms with van der Waals surface area (Å²) in [7, 11) is 2.05. The minimum atomic E-state index is -0.251. The summed E-state index contributed by atoms with van der Waals surface area (Å²) < 4.78 is 0. The summed E-state index contributed by atoms with van der Waals surface area (Å²) in [5.74, 6) is 0. The Labute approximate surface area is 338 Å². The first kappa shape index (κ1) is 37.7. The first-order chi connectivity index (χ1) is 28.0. The molecule has 0 radical (unpaired) electrons. The highest BCUT2D eigenvalue weighted by Crippen LogP contribution is 2.52. The van der Waals surface area contributed by atoms with E-state index in [0.29, 0.717) is 6.54 Å². The van der Waals surface area contributed by atoms with Crippen LogP contribution in [0.25, 0.3) is 21.5 Å². The van der Waals surface area contributed by atoms with E-state index in [4.69, 9.17) is 5.73 Å². The lowest BCUT2D eigenvalue weighted by molar-refractivity contribution is 0.429. The van der Waals surface area contributed by atoms with Crippen molar-refractivity contribution in [3.05, 3.63) is 228 Å². The Morgan fingerprint density at radius 1 is 0.614 bits per heavy atom. The van der Waals surface area contributed by atoms with Gasteiger partial charge < -0.3 is 16.0 Å². The summed E-state index contributed by atoms with van der Waals surface area (Å²) in [5.41, 5.74) is 16.3. The highest BCUT2D eigenvalue weighted by molar-refractivity contribution is 5.95. The van der Waals surface area contributed by atoms with Crippen molar-refractivity contribution in [2.45, 2.75) is 43.4 Å². The molecule has 57 heavy (non-hydrogen) atoms. The van der Waals surface area contributed by atoms with Crippen LogP contribution in [0.3, 0.4) is 0 Å². The van der Waals surface area contributed by atoms with Crippen molar-refractivity contribution >= 4 is 32.9 Å². The minimum Gasteiger partial charge on any atom is -0.388 e. The molecule has 0 fully saturated rings. The Hall–Kier alpha value is -6.16. The van der Waals surface area contributed by atoms with Gasteiger partial charge in [-0.1, -0.05) is 176 Å². The molecule has 3 N–H and O–H groups in total. The highest BCUT2D eigenvalue weighted by atomic mass is 15.2. The van der Waals surface area contributed by atoms with E-state index in [0.717, 1.165) is 32.2 Å². The van der Waals surface area contributed by atoms with Crippen LogP contribution < -0.4 is 16.0 Å². The molecule has 284 valence electrons. The molecule has 0 saturated heterocycles. The number of allylic oxidation sites excluding steroid dienone is 6. The van der Waals surface area contributed by atoms with E-state index in [1.165, 1.54) is 66.4 Å². The molecule has 1 heterocycles. The maximum absolute atomic E-state index is 6.33. The third-order valence-electron chi connectivity index (χ3n) is 12.0. The minimum absolute atomic E-state index is 0.231. The van der Waals surface area contributed by atoms with Crippen LogP contribution in [0, 0.1) is 0 Å². The first-order valence-electron chi connectivity index (χ1n) is 20.4. The topological polar surface area (TPSA) is 41.3 Å². The van der Waals surface area contributed by atoms with Crippen molar-refractivity contribution in [2.75, 3.05) is 30.4 Å². The van der Waals surface area contributed by atoms with Crippen LogP contribution in [-0.4, -0.2) is 20.1 Å². The molecule has 0 amide bonds. The molecular weight excluding hydrogens is 691 g/mol. The molecule has 7 aromatic carbocycles. The van der Waals surface area contributed by atoms with Crippen molar-refractivity contribution in [3.8, 4) is 0 Å². The second kappa shape index (κ2) is 16.9. The molecule has 0 saturated carbocycles. The van der Waals surface area contributed by atoms with E-state index in [2.05, 4.69) is 218 Å². The fraction of sp³-hybridized carbons (Fsp3) is 0.185. The van der Waals surface area contributed by atoms with Crippen molar-refractivity contribution < 1.29 is 0 Å². The monoisotopic (exact) mass is 743 g/mol. The molecule has 0 aliphatic carbocycles. The third kappa shape index (κ3) is 7.68. The van der Waals surface area contributed by atoms with Gasteiger partial charge in [0.25, 0.3) is 0 Å². The molecule has 3 heteroatoms. The molecular formula is C54H53N3. The molecule has 1 unspecified atom stereocenters. The Balaban J connectivity index is 1.20. The number of hydrogen-bond donors (Lipinski definition) is 2. The molecule has 1 atom stereocenters. The van der Waals surface area contributed by atoms with Gasteiger partial charge in [-0.2, -0.15) is 0 Å². The van der Waals surface area contributed by atoms with Gasteiger partial charge in [-0.05, 0) is 100 Å². The zero-order valence-corrected chi connectivity index (χ0v) is 33.2. The van der Waals surface area contributed by atoms with Crippen LogP contribution in [-0.2, 0) is 30.1 Å². The zero-order valence-electron chi connectivity index (χ0n) is 33.2. The third-order valence-corrected chi connectivity index (χ3v) is 12.0. The molecule has 0 bridgehead atoms. The lowest BCUT2D eigenvalue weighted by Gasteiger charge is -2.37. The molecule has 7 aromatic rings. The van der Waals surface area contributed by atoms with Crippen molar-refractivity contribution in [1.82, 2.24) is 0 Å². The normalized spacial score (nSPS) is 16.3. The fourth-order valence-electron chi connectivity index (χ4n) is 9.54. The maximum Gasteiger partial charge on any atom is 0.0457 e. The Bertz CT molecular complexity index is 2490. The van der Waals surface area contributed by atoms with E-state index in [1.54, 1.807) is 0 Å². The van der Waals surface area contributed by atoms with E-state index in [1.807, 2.05) is 0 Å². The maximum atomic E-state index is 6.33. The number of hydrogen-bond acceptors (Lipinski definition) is 3. The Morgan fingerprint density at radius 3 is 1.81 bits per heavy atom. The van der Waals surface area contributed by atoms with Crippen LogP contribution >= 0.6 is 0 Å². The lowest BCUT2D eigenvalue weighted by atomic mass is 9.67.